The number of likely N-dealkylation sites (N-methyl/N-ethyl adjacent to an activating group) is 1. The maximum atomic E-state index is 13.3. The molecule has 0 spiro atoms. The van der Waals surface area contributed by atoms with E-state index in [1.165, 1.54) is 43.5 Å². The molecule has 1 fully saturated rings. The van der Waals surface area contributed by atoms with E-state index in [2.05, 4.69) is 26.1 Å². The number of thiazole rings is 1. The van der Waals surface area contributed by atoms with Crippen LogP contribution in [0.15, 0.2) is 34.8 Å². The number of nitro benzene ring substituents is 1. The van der Waals surface area contributed by atoms with Gasteiger partial charge >= 0.3 is 45.8 Å². The fourth-order valence-corrected chi connectivity index (χ4v) is 5.13. The van der Waals surface area contributed by atoms with Crippen molar-refractivity contribution in [1.82, 2.24) is 19.9 Å². The first-order chi connectivity index (χ1) is 21.0. The number of carbonyl (C=O) groups is 5. The Bertz CT molecular complexity index is 1670. The van der Waals surface area contributed by atoms with E-state index in [9.17, 15) is 47.1 Å². The standard InChI is InChI=1S/C23H24ClN7O12S2.Na.H/c1-23(2,21(36)42-9-11-4-6-12(7-5-11)31(37)38)43-29-15(13-10-44-22(26-13)27-14(32)8-24)18(33)28-16-17(19(34)25-3)30(20(16)35)45(39,40)41;;/h4-7,10,16-17H,8-9H2,1-3H3,(H,25,34)(H,28,33)(H,26,27,32)(H,39,40,41);;/q;+1;-1/b29-15-;;. The molecule has 2 heterocycles. The summed E-state index contributed by atoms with van der Waals surface area (Å²) in [6, 6.07) is 1.55. The molecule has 2 atom stereocenters. The minimum atomic E-state index is -5.17. The van der Waals surface area contributed by atoms with Crippen LogP contribution >= 0.6 is 22.9 Å². The van der Waals surface area contributed by atoms with Crippen molar-refractivity contribution in [3.63, 3.8) is 0 Å². The molecule has 0 bridgehead atoms. The molecule has 0 saturated carbocycles. The van der Waals surface area contributed by atoms with Gasteiger partial charge in [0.15, 0.2) is 16.9 Å². The Labute approximate surface area is 292 Å². The maximum Gasteiger partial charge on any atom is 1.00 e. The fraction of sp³-hybridized carbons (Fsp3) is 0.348. The number of alkyl halides is 1. The smallest absolute Gasteiger partial charge is 1.00 e. The van der Waals surface area contributed by atoms with Crippen molar-refractivity contribution in [2.24, 2.45) is 5.16 Å². The van der Waals surface area contributed by atoms with E-state index in [0.717, 1.165) is 18.4 Å². The minimum Gasteiger partial charge on any atom is -1.00 e. The van der Waals surface area contributed by atoms with Gasteiger partial charge in [0, 0.05) is 24.6 Å². The third-order valence-corrected chi connectivity index (χ3v) is 7.71. The topological polar surface area (TPSA) is 266 Å². The van der Waals surface area contributed by atoms with Gasteiger partial charge in [-0.25, -0.2) is 9.78 Å². The van der Waals surface area contributed by atoms with Crippen molar-refractivity contribution < 1.29 is 82.4 Å². The average molecular weight is 714 g/mol. The Morgan fingerprint density at radius 2 is 1.89 bits per heavy atom. The van der Waals surface area contributed by atoms with Crippen molar-refractivity contribution in [2.75, 3.05) is 18.2 Å². The largest absolute Gasteiger partial charge is 1.00 e. The number of nitrogens with one attached hydrogen (secondary N) is 3. The number of amides is 4. The second-order valence-electron chi connectivity index (χ2n) is 9.38. The van der Waals surface area contributed by atoms with Gasteiger partial charge in [0.1, 0.15) is 24.2 Å². The first-order valence-corrected chi connectivity index (χ1v) is 15.1. The number of aromatic nitrogens is 1. The molecule has 1 aliphatic rings. The Hall–Kier alpha value is -3.73. The predicted molar refractivity (Wildman–Crippen MR) is 155 cm³/mol. The molecular formula is C23H25ClN7NaO12S2. The molecule has 1 aromatic heterocycles. The number of esters is 1. The summed E-state index contributed by atoms with van der Waals surface area (Å²) in [5.74, 6) is -5.63. The zero-order valence-corrected chi connectivity index (χ0v) is 28.8. The first-order valence-electron chi connectivity index (χ1n) is 12.3. The van der Waals surface area contributed by atoms with Crippen LogP contribution in [0.1, 0.15) is 26.5 Å². The molecule has 0 aliphatic carbocycles. The van der Waals surface area contributed by atoms with Crippen molar-refractivity contribution in [3.8, 4) is 0 Å². The molecule has 4 N–H and O–H groups in total. The van der Waals surface area contributed by atoms with Gasteiger partial charge in [-0.05, 0) is 31.5 Å². The summed E-state index contributed by atoms with van der Waals surface area (Å²) < 4.78 is 37.7. The zero-order valence-electron chi connectivity index (χ0n) is 25.4. The number of benzene rings is 1. The van der Waals surface area contributed by atoms with E-state index in [0.29, 0.717) is 5.56 Å². The van der Waals surface area contributed by atoms with Gasteiger partial charge in [-0.3, -0.25) is 33.8 Å². The number of carbonyl (C=O) groups excluding carboxylic acids is 5. The number of hydrogen-bond donors (Lipinski definition) is 4. The Kier molecular flexibility index (Phi) is 13.1. The number of nitrogens with zero attached hydrogens (tertiary/aromatic N) is 4. The Morgan fingerprint density at radius 3 is 2.43 bits per heavy atom. The third kappa shape index (κ3) is 9.18. The zero-order chi connectivity index (χ0) is 33.7. The number of anilines is 1. The normalized spacial score (nSPS) is 16.3. The molecule has 23 heteroatoms. The summed E-state index contributed by atoms with van der Waals surface area (Å²) in [5.41, 5.74) is -2.54. The van der Waals surface area contributed by atoms with Crippen LogP contribution in [0.25, 0.3) is 0 Å². The first kappa shape index (κ1) is 38.5. The summed E-state index contributed by atoms with van der Waals surface area (Å²) in [4.78, 5) is 82.1. The average Bonchev–Trinajstić information content (AvgIpc) is 3.43. The van der Waals surface area contributed by atoms with Gasteiger partial charge < -0.3 is 27.0 Å². The van der Waals surface area contributed by atoms with Crippen molar-refractivity contribution in [2.45, 2.75) is 38.1 Å². The fourth-order valence-electron chi connectivity index (χ4n) is 3.51. The van der Waals surface area contributed by atoms with Crippen LogP contribution in [0.2, 0.25) is 0 Å². The van der Waals surface area contributed by atoms with Crippen molar-refractivity contribution >= 4 is 79.4 Å². The van der Waals surface area contributed by atoms with Crippen LogP contribution < -0.4 is 45.5 Å². The number of oxime groups is 1. The number of β-lactam (4-membered cyclic amide) rings is 1. The van der Waals surface area contributed by atoms with Gasteiger partial charge in [0.25, 0.3) is 17.5 Å². The second-order valence-corrected chi connectivity index (χ2v) is 11.8. The summed E-state index contributed by atoms with van der Waals surface area (Å²) in [5, 5.41) is 22.4. The molecule has 2 aromatic rings. The predicted octanol–water partition coefficient (Wildman–Crippen LogP) is -3.17. The monoisotopic (exact) mass is 713 g/mol. The third-order valence-electron chi connectivity index (χ3n) is 5.81. The quantitative estimate of drug-likeness (QED) is 0.0234. The number of nitro groups is 1. The molecule has 3 rings (SSSR count). The van der Waals surface area contributed by atoms with Gasteiger partial charge in [0.05, 0.1) is 4.92 Å². The molecule has 1 saturated heterocycles. The number of rotatable bonds is 13. The van der Waals surface area contributed by atoms with E-state index in [4.69, 9.17) is 21.2 Å². The molecule has 1 aromatic carbocycles. The van der Waals surface area contributed by atoms with Gasteiger partial charge in [0.2, 0.25) is 17.4 Å². The second kappa shape index (κ2) is 15.7. The van der Waals surface area contributed by atoms with Crippen LogP contribution in [0.3, 0.4) is 0 Å². The summed E-state index contributed by atoms with van der Waals surface area (Å²) in [6.45, 7) is 2.17. The summed E-state index contributed by atoms with van der Waals surface area (Å²) >= 11 is 6.32. The molecule has 2 unspecified atom stereocenters. The Balaban J connectivity index is 0.00000552. The number of non-ortho nitro benzene ring substituents is 1. The maximum absolute atomic E-state index is 13.3. The van der Waals surface area contributed by atoms with Gasteiger partial charge in [-0.15, -0.1) is 22.9 Å². The molecular weight excluding hydrogens is 689 g/mol. The molecule has 1 aliphatic heterocycles. The van der Waals surface area contributed by atoms with E-state index >= 15 is 0 Å². The van der Waals surface area contributed by atoms with Crippen molar-refractivity contribution in [1.29, 1.82) is 0 Å². The summed E-state index contributed by atoms with van der Waals surface area (Å²) in [7, 11) is -4.04. The molecule has 4 amide bonds. The minimum absolute atomic E-state index is 0. The molecule has 0 radical (unpaired) electrons. The Morgan fingerprint density at radius 1 is 1.26 bits per heavy atom. The van der Waals surface area contributed by atoms with Crippen LogP contribution in [-0.4, -0.2) is 93.1 Å². The van der Waals surface area contributed by atoms with E-state index in [1.807, 2.05) is 0 Å². The SMILES string of the molecule is CNC(=O)C1C(NC(=O)/C(=N\OC(C)(C)C(=O)OCc2ccc([N+](=O)[O-])cc2)c2csc(NC(=O)CCl)n2)C(=O)N1S(=O)(=O)O.[H-].[Na+]. The molecule has 19 nitrogen and oxygen atoms in total. The van der Waals surface area contributed by atoms with Crippen LogP contribution in [0.4, 0.5) is 10.8 Å². The summed E-state index contributed by atoms with van der Waals surface area (Å²) in [6.07, 6.45) is 0. The molecule has 244 valence electrons. The molecule has 46 heavy (non-hydrogen) atoms. The van der Waals surface area contributed by atoms with Crippen LogP contribution in [0.5, 0.6) is 0 Å². The van der Waals surface area contributed by atoms with E-state index in [1.54, 1.807) is 0 Å². The van der Waals surface area contributed by atoms with E-state index in [-0.39, 0.29) is 58.4 Å². The van der Waals surface area contributed by atoms with Crippen molar-refractivity contribution in [3.05, 3.63) is 51.0 Å². The van der Waals surface area contributed by atoms with Gasteiger partial charge in [-0.2, -0.15) is 12.7 Å². The van der Waals surface area contributed by atoms with Crippen LogP contribution in [0, 0.1) is 10.1 Å². The number of ether oxygens (including phenoxy) is 1. The number of halogens is 1. The number of hydrogen-bond acceptors (Lipinski definition) is 14. The van der Waals surface area contributed by atoms with E-state index < -0.39 is 74.1 Å². The van der Waals surface area contributed by atoms with Crippen LogP contribution in [-0.2, 0) is 50.5 Å². The van der Waals surface area contributed by atoms with Gasteiger partial charge in [-0.1, -0.05) is 5.16 Å².